The van der Waals surface area contributed by atoms with Gasteiger partial charge in [0, 0.05) is 35.0 Å². The zero-order chi connectivity index (χ0) is 23.3. The molecule has 2 aromatic heterocycles. The van der Waals surface area contributed by atoms with E-state index in [1.165, 1.54) is 11.8 Å². The van der Waals surface area contributed by atoms with Crippen LogP contribution in [0.15, 0.2) is 59.9 Å². The van der Waals surface area contributed by atoms with Gasteiger partial charge in [-0.1, -0.05) is 30.0 Å². The molecule has 0 saturated carbocycles. The number of hydrogen-bond acceptors (Lipinski definition) is 7. The first-order chi connectivity index (χ1) is 16.7. The Labute approximate surface area is 201 Å². The number of para-hydroxylation sites is 1. The van der Waals surface area contributed by atoms with Crippen LogP contribution in [0.4, 0.5) is 0 Å². The predicted octanol–water partition coefficient (Wildman–Crippen LogP) is 4.01. The summed E-state index contributed by atoms with van der Waals surface area (Å²) >= 11 is 1.45. The molecule has 1 aliphatic heterocycles. The van der Waals surface area contributed by atoms with E-state index < -0.39 is 6.10 Å². The first kappa shape index (κ1) is 22.5. The summed E-state index contributed by atoms with van der Waals surface area (Å²) in [6.07, 6.45) is 3.48. The van der Waals surface area contributed by atoms with Crippen LogP contribution in [0, 0.1) is 11.3 Å². The molecule has 174 valence electrons. The molecule has 1 fully saturated rings. The molecule has 2 aromatic carbocycles. The molecule has 34 heavy (non-hydrogen) atoms. The van der Waals surface area contributed by atoms with Crippen molar-refractivity contribution in [2.45, 2.75) is 36.8 Å². The molecule has 8 nitrogen and oxygen atoms in total. The number of fused-ring (bicyclic) bond motifs is 1. The fourth-order valence-corrected chi connectivity index (χ4v) is 4.90. The van der Waals surface area contributed by atoms with Gasteiger partial charge in [0.25, 0.3) is 0 Å². The van der Waals surface area contributed by atoms with Crippen LogP contribution in [0.1, 0.15) is 18.4 Å². The van der Waals surface area contributed by atoms with Crippen molar-refractivity contribution in [1.29, 1.82) is 5.26 Å². The number of hydrogen-bond donors (Lipinski definition) is 2. The predicted molar refractivity (Wildman–Crippen MR) is 130 cm³/mol. The third kappa shape index (κ3) is 4.94. The number of H-pyrrole nitrogens is 1. The Morgan fingerprint density at radius 3 is 2.88 bits per heavy atom. The summed E-state index contributed by atoms with van der Waals surface area (Å²) in [6.45, 7) is 1.60. The Balaban J connectivity index is 1.30. The van der Waals surface area contributed by atoms with Crippen molar-refractivity contribution < 1.29 is 14.6 Å². The zero-order valence-electron chi connectivity index (χ0n) is 18.6. The molecule has 0 amide bonds. The number of aromatic amines is 1. The molecular weight excluding hydrogens is 450 g/mol. The molecule has 1 aliphatic rings. The minimum atomic E-state index is -0.690. The summed E-state index contributed by atoms with van der Waals surface area (Å²) in [4.78, 5) is 3.31. The summed E-state index contributed by atoms with van der Waals surface area (Å²) in [5, 5.41) is 30.2. The molecule has 9 heteroatoms. The average Bonchev–Trinajstić information content (AvgIpc) is 3.62. The number of aromatic nitrogens is 4. The SMILES string of the molecule is N#Cc1ccc(OCC(O)CSc2nnc(-c3c[nH]c4ccccc34)n2CC2CCCO2)cc1. The second kappa shape index (κ2) is 10.3. The van der Waals surface area contributed by atoms with Gasteiger partial charge in [-0.2, -0.15) is 5.26 Å². The highest BCUT2D eigenvalue weighted by Gasteiger charge is 2.23. The number of ether oxygens (including phenoxy) is 2. The summed E-state index contributed by atoms with van der Waals surface area (Å²) in [6, 6.07) is 17.0. The van der Waals surface area contributed by atoms with Gasteiger partial charge in [0.1, 0.15) is 12.4 Å². The molecule has 1 saturated heterocycles. The molecule has 2 unspecified atom stereocenters. The first-order valence-corrected chi connectivity index (χ1v) is 12.2. The van der Waals surface area contributed by atoms with Gasteiger partial charge in [0.15, 0.2) is 11.0 Å². The molecule has 2 atom stereocenters. The Morgan fingerprint density at radius 2 is 2.09 bits per heavy atom. The van der Waals surface area contributed by atoms with Crippen molar-refractivity contribution in [2.24, 2.45) is 0 Å². The zero-order valence-corrected chi connectivity index (χ0v) is 19.4. The minimum absolute atomic E-state index is 0.129. The van der Waals surface area contributed by atoms with Crippen molar-refractivity contribution in [3.8, 4) is 23.2 Å². The Kier molecular flexibility index (Phi) is 6.81. The fraction of sp³-hybridized carbons (Fsp3) is 0.320. The van der Waals surface area contributed by atoms with Crippen molar-refractivity contribution >= 4 is 22.7 Å². The lowest BCUT2D eigenvalue weighted by Crippen LogP contribution is -2.21. The molecular formula is C25H25N5O3S. The number of aliphatic hydroxyl groups excluding tert-OH is 1. The van der Waals surface area contributed by atoms with Gasteiger partial charge in [0.05, 0.1) is 30.4 Å². The topological polar surface area (TPSA) is 109 Å². The highest BCUT2D eigenvalue weighted by molar-refractivity contribution is 7.99. The summed E-state index contributed by atoms with van der Waals surface area (Å²) in [5.41, 5.74) is 2.62. The maximum absolute atomic E-state index is 10.5. The Morgan fingerprint density at radius 1 is 1.24 bits per heavy atom. The van der Waals surface area contributed by atoms with Gasteiger partial charge in [-0.15, -0.1) is 10.2 Å². The summed E-state index contributed by atoms with van der Waals surface area (Å²) in [7, 11) is 0. The minimum Gasteiger partial charge on any atom is -0.491 e. The molecule has 5 rings (SSSR count). The van der Waals surface area contributed by atoms with E-state index in [1.54, 1.807) is 24.3 Å². The summed E-state index contributed by atoms with van der Waals surface area (Å²) < 4.78 is 13.7. The van der Waals surface area contributed by atoms with Crippen molar-refractivity contribution in [3.05, 3.63) is 60.3 Å². The standard InChI is InChI=1S/C25H25N5O3S/c26-12-17-7-9-19(10-8-17)33-15-18(31)16-34-25-29-28-24(30(25)14-20-4-3-11-32-20)22-13-27-23-6-2-1-5-21(22)23/h1-2,5-10,13,18,20,27,31H,3-4,11,14-16H2. The van der Waals surface area contributed by atoms with E-state index in [4.69, 9.17) is 14.7 Å². The van der Waals surface area contributed by atoms with Gasteiger partial charge >= 0.3 is 0 Å². The molecule has 0 aliphatic carbocycles. The number of nitrogens with one attached hydrogen (secondary N) is 1. The average molecular weight is 476 g/mol. The normalized spacial score (nSPS) is 16.5. The van der Waals surface area contributed by atoms with Crippen molar-refractivity contribution in [1.82, 2.24) is 19.7 Å². The Hall–Kier alpha value is -3.32. The highest BCUT2D eigenvalue weighted by Crippen LogP contribution is 2.31. The number of aliphatic hydroxyl groups is 1. The molecule has 2 N–H and O–H groups in total. The lowest BCUT2D eigenvalue weighted by molar-refractivity contribution is 0.0953. The van der Waals surface area contributed by atoms with Gasteiger partial charge in [-0.25, -0.2) is 0 Å². The van der Waals surface area contributed by atoms with Crippen LogP contribution in [0.25, 0.3) is 22.3 Å². The maximum Gasteiger partial charge on any atom is 0.191 e. The van der Waals surface area contributed by atoms with Gasteiger partial charge in [-0.3, -0.25) is 4.57 Å². The highest BCUT2D eigenvalue weighted by atomic mass is 32.2. The molecule has 4 aromatic rings. The van der Waals surface area contributed by atoms with Crippen molar-refractivity contribution in [3.63, 3.8) is 0 Å². The smallest absolute Gasteiger partial charge is 0.191 e. The molecule has 3 heterocycles. The third-order valence-electron chi connectivity index (χ3n) is 5.79. The van der Waals surface area contributed by atoms with Gasteiger partial charge in [0.2, 0.25) is 0 Å². The largest absolute Gasteiger partial charge is 0.491 e. The van der Waals surface area contributed by atoms with Crippen LogP contribution in [0.5, 0.6) is 5.75 Å². The van der Waals surface area contributed by atoms with E-state index >= 15 is 0 Å². The molecule has 0 bridgehead atoms. The van der Waals surface area contributed by atoms with E-state index in [0.717, 1.165) is 46.9 Å². The second-order valence-electron chi connectivity index (χ2n) is 8.21. The van der Waals surface area contributed by atoms with Gasteiger partial charge in [-0.05, 0) is 43.2 Å². The number of rotatable bonds is 9. The summed E-state index contributed by atoms with van der Waals surface area (Å²) in [5.74, 6) is 1.82. The fourth-order valence-electron chi connectivity index (χ4n) is 4.04. The second-order valence-corrected chi connectivity index (χ2v) is 9.20. The number of benzene rings is 2. The van der Waals surface area contributed by atoms with E-state index in [9.17, 15) is 5.11 Å². The van der Waals surface area contributed by atoms with E-state index in [1.807, 2.05) is 24.4 Å². The quantitative estimate of drug-likeness (QED) is 0.352. The van der Waals surface area contributed by atoms with Crippen LogP contribution in [0.2, 0.25) is 0 Å². The maximum atomic E-state index is 10.5. The third-order valence-corrected chi connectivity index (χ3v) is 6.90. The lowest BCUT2D eigenvalue weighted by atomic mass is 10.1. The van der Waals surface area contributed by atoms with Crippen LogP contribution < -0.4 is 4.74 Å². The van der Waals surface area contributed by atoms with Gasteiger partial charge < -0.3 is 19.6 Å². The number of nitrogens with zero attached hydrogens (tertiary/aromatic N) is 4. The van der Waals surface area contributed by atoms with E-state index in [0.29, 0.717) is 23.6 Å². The lowest BCUT2D eigenvalue weighted by Gasteiger charge is -2.16. The van der Waals surface area contributed by atoms with Crippen molar-refractivity contribution in [2.75, 3.05) is 19.0 Å². The molecule has 0 radical (unpaired) electrons. The number of nitriles is 1. The number of thioether (sulfide) groups is 1. The van der Waals surface area contributed by atoms with Crippen LogP contribution in [0.3, 0.4) is 0 Å². The van der Waals surface area contributed by atoms with E-state index in [-0.39, 0.29) is 12.7 Å². The Bertz CT molecular complexity index is 1290. The van der Waals surface area contributed by atoms with Crippen LogP contribution >= 0.6 is 11.8 Å². The van der Waals surface area contributed by atoms with Crippen LogP contribution in [-0.4, -0.2) is 56.0 Å². The van der Waals surface area contributed by atoms with Crippen LogP contribution in [-0.2, 0) is 11.3 Å². The first-order valence-electron chi connectivity index (χ1n) is 11.3. The molecule has 0 spiro atoms. The van der Waals surface area contributed by atoms with E-state index in [2.05, 4.69) is 31.9 Å². The monoisotopic (exact) mass is 475 g/mol.